The molecule has 168 valence electrons. The molecule has 0 spiro atoms. The van der Waals surface area contributed by atoms with Gasteiger partial charge in [-0.2, -0.15) is 0 Å². The second-order valence-electron chi connectivity index (χ2n) is 8.36. The van der Waals surface area contributed by atoms with Gasteiger partial charge >= 0.3 is 208 Å². The first-order valence-electron chi connectivity index (χ1n) is 11.0. The number of hydrogen-bond donors (Lipinski definition) is 0. The van der Waals surface area contributed by atoms with Crippen LogP contribution in [0.25, 0.3) is 28.2 Å². The summed E-state index contributed by atoms with van der Waals surface area (Å²) in [4.78, 5) is 11.6. The Hall–Kier alpha value is -3.47. The molecule has 0 aliphatic rings. The molecular weight excluding hydrogens is 485 g/mol. The Morgan fingerprint density at radius 3 is 2.44 bits per heavy atom. The zero-order valence-electron chi connectivity index (χ0n) is 19.1. The third-order valence-electron chi connectivity index (χ3n) is 5.48. The van der Waals surface area contributed by atoms with Crippen LogP contribution in [0.15, 0.2) is 85.2 Å². The Bertz CT molecular complexity index is 1410. The summed E-state index contributed by atoms with van der Waals surface area (Å²) >= 11 is 2.53. The van der Waals surface area contributed by atoms with Gasteiger partial charge in [-0.25, -0.2) is 0 Å². The van der Waals surface area contributed by atoms with Crippen molar-refractivity contribution in [3.8, 4) is 28.4 Å². The molecule has 0 unspecified atom stereocenters. The van der Waals surface area contributed by atoms with Crippen LogP contribution in [0.1, 0.15) is 11.1 Å². The van der Waals surface area contributed by atoms with Crippen molar-refractivity contribution in [2.45, 2.75) is 13.2 Å². The van der Waals surface area contributed by atoms with E-state index in [2.05, 4.69) is 82.3 Å². The van der Waals surface area contributed by atoms with Gasteiger partial charge in [0.1, 0.15) is 0 Å². The van der Waals surface area contributed by atoms with E-state index in [1.807, 2.05) is 47.0 Å². The van der Waals surface area contributed by atoms with Crippen LogP contribution in [0.4, 0.5) is 0 Å². The number of imidazole rings is 1. The van der Waals surface area contributed by atoms with Crippen LogP contribution >= 0.6 is 0 Å². The molecule has 0 aliphatic heterocycles. The van der Waals surface area contributed by atoms with Gasteiger partial charge in [-0.15, -0.1) is 0 Å². The Morgan fingerprint density at radius 1 is 0.882 bits per heavy atom. The van der Waals surface area contributed by atoms with Gasteiger partial charge in [-0.05, 0) is 0 Å². The van der Waals surface area contributed by atoms with Crippen LogP contribution in [0.3, 0.4) is 0 Å². The number of nitrogens with zero attached hydrogens (tertiary/aromatic N) is 5. The molecular formula is C27H24AsN5O. The third-order valence-corrected chi connectivity index (χ3v) is 6.17. The molecule has 0 saturated carbocycles. The molecule has 0 amide bonds. The van der Waals surface area contributed by atoms with Crippen molar-refractivity contribution in [2.24, 2.45) is 0 Å². The summed E-state index contributed by atoms with van der Waals surface area (Å²) < 4.78 is 8.74. The summed E-state index contributed by atoms with van der Waals surface area (Å²) in [5.74, 6) is 1.58. The molecule has 2 heterocycles. The molecule has 5 rings (SSSR count). The summed E-state index contributed by atoms with van der Waals surface area (Å²) in [6, 6.07) is 26.6. The molecule has 0 N–H and O–H groups in total. The monoisotopic (exact) mass is 509 g/mol. The second-order valence-corrected chi connectivity index (χ2v) is 9.25. The molecule has 0 aliphatic carbocycles. The van der Waals surface area contributed by atoms with E-state index in [4.69, 9.17) is 9.72 Å². The Labute approximate surface area is 207 Å². The van der Waals surface area contributed by atoms with Crippen LogP contribution in [0, 0.1) is 0 Å². The standard InChI is InChI=1S/C27H24AsN5O/c1-32(2)16-19-11-13-21(14-12-19)27-31-24(25-26(28)29-18-30-33(25)27)22-9-6-10-23(15-22)34-17-20-7-4-3-5-8-20/h3-15,18H,16-17H2,1-2H3. The molecule has 3 aromatic carbocycles. The summed E-state index contributed by atoms with van der Waals surface area (Å²) in [5, 5.41) is 4.53. The van der Waals surface area contributed by atoms with Gasteiger partial charge in [0.15, 0.2) is 0 Å². The zero-order chi connectivity index (χ0) is 23.5. The Kier molecular flexibility index (Phi) is 6.43. The minimum atomic E-state index is 0.512. The van der Waals surface area contributed by atoms with Crippen LogP contribution in [-0.2, 0) is 13.2 Å². The number of fused-ring (bicyclic) bond motifs is 1. The summed E-state index contributed by atoms with van der Waals surface area (Å²) in [5.41, 5.74) is 6.04. The van der Waals surface area contributed by atoms with Gasteiger partial charge in [-0.3, -0.25) is 0 Å². The Balaban J connectivity index is 1.52. The second kappa shape index (κ2) is 9.80. The van der Waals surface area contributed by atoms with E-state index in [9.17, 15) is 0 Å². The van der Waals surface area contributed by atoms with Crippen molar-refractivity contribution in [1.29, 1.82) is 0 Å². The van der Waals surface area contributed by atoms with Gasteiger partial charge < -0.3 is 0 Å². The molecule has 2 radical (unpaired) electrons. The van der Waals surface area contributed by atoms with Crippen LogP contribution < -0.4 is 9.22 Å². The third kappa shape index (κ3) is 4.74. The molecule has 2 aromatic heterocycles. The van der Waals surface area contributed by atoms with Crippen molar-refractivity contribution < 1.29 is 4.74 Å². The molecule has 0 bridgehead atoms. The molecule has 5 aromatic rings. The van der Waals surface area contributed by atoms with E-state index in [1.165, 1.54) is 5.56 Å². The normalized spacial score (nSPS) is 11.3. The molecule has 6 nitrogen and oxygen atoms in total. The number of rotatable bonds is 7. The van der Waals surface area contributed by atoms with Crippen molar-refractivity contribution in [3.63, 3.8) is 0 Å². The topological polar surface area (TPSA) is 55.5 Å². The Morgan fingerprint density at radius 2 is 1.68 bits per heavy atom. The number of hydrogen-bond acceptors (Lipinski definition) is 5. The van der Waals surface area contributed by atoms with E-state index in [0.29, 0.717) is 6.61 Å². The van der Waals surface area contributed by atoms with E-state index in [-0.39, 0.29) is 0 Å². The first kappa shape index (κ1) is 22.3. The number of ether oxygens (including phenoxy) is 1. The van der Waals surface area contributed by atoms with Gasteiger partial charge in [0.2, 0.25) is 0 Å². The minimum absolute atomic E-state index is 0.512. The molecule has 0 fully saturated rings. The van der Waals surface area contributed by atoms with Crippen molar-refractivity contribution >= 4 is 26.9 Å². The van der Waals surface area contributed by atoms with Crippen molar-refractivity contribution in [1.82, 2.24) is 24.5 Å². The van der Waals surface area contributed by atoms with Gasteiger partial charge in [0, 0.05) is 0 Å². The zero-order valence-corrected chi connectivity index (χ0v) is 21.0. The maximum absolute atomic E-state index is 6.06. The first-order chi connectivity index (χ1) is 16.6. The molecule has 34 heavy (non-hydrogen) atoms. The quantitative estimate of drug-likeness (QED) is 0.312. The van der Waals surface area contributed by atoms with Gasteiger partial charge in [0.25, 0.3) is 0 Å². The van der Waals surface area contributed by atoms with Crippen LogP contribution in [0.2, 0.25) is 0 Å². The van der Waals surface area contributed by atoms with Gasteiger partial charge in [0.05, 0.1) is 0 Å². The summed E-state index contributed by atoms with van der Waals surface area (Å²) in [7, 11) is 4.13. The fourth-order valence-electron chi connectivity index (χ4n) is 3.91. The fourth-order valence-corrected chi connectivity index (χ4v) is 4.43. The van der Waals surface area contributed by atoms with Crippen molar-refractivity contribution in [2.75, 3.05) is 14.1 Å². The average molecular weight is 509 g/mol. The average Bonchev–Trinajstić information content (AvgIpc) is 3.25. The van der Waals surface area contributed by atoms with E-state index >= 15 is 0 Å². The predicted octanol–water partition coefficient (Wildman–Crippen LogP) is 3.89. The number of aromatic nitrogens is 4. The van der Waals surface area contributed by atoms with E-state index in [1.54, 1.807) is 6.33 Å². The number of benzene rings is 3. The SMILES string of the molecule is CN(C)Cc1ccc(-c2nc(-c3cccc(OCc4ccccc4)c3)c3c([As])ncnn23)cc1. The van der Waals surface area contributed by atoms with Gasteiger partial charge in [-0.1, -0.05) is 0 Å². The molecule has 0 saturated heterocycles. The van der Waals surface area contributed by atoms with E-state index < -0.39 is 0 Å². The van der Waals surface area contributed by atoms with Crippen molar-refractivity contribution in [3.05, 3.63) is 96.3 Å². The van der Waals surface area contributed by atoms with Crippen LogP contribution in [0.5, 0.6) is 5.75 Å². The summed E-state index contributed by atoms with van der Waals surface area (Å²) in [6.45, 7) is 1.40. The molecule has 0 atom stereocenters. The van der Waals surface area contributed by atoms with E-state index in [0.717, 1.165) is 50.5 Å². The summed E-state index contributed by atoms with van der Waals surface area (Å²) in [6.07, 6.45) is 1.56. The maximum atomic E-state index is 6.06. The predicted molar refractivity (Wildman–Crippen MR) is 135 cm³/mol. The van der Waals surface area contributed by atoms with Crippen LogP contribution in [-0.4, -0.2) is 55.4 Å². The fraction of sp³-hybridized carbons (Fsp3) is 0.148. The first-order valence-corrected chi connectivity index (χ1v) is 12.0. The molecule has 7 heteroatoms.